The van der Waals surface area contributed by atoms with Crippen LogP contribution in [-0.2, 0) is 9.47 Å². The second kappa shape index (κ2) is 5.01. The van der Waals surface area contributed by atoms with Gasteiger partial charge in [-0.05, 0) is 67.3 Å². The van der Waals surface area contributed by atoms with E-state index in [0.29, 0.717) is 6.10 Å². The molecular formula is C16H31NO2. The van der Waals surface area contributed by atoms with Gasteiger partial charge in [-0.15, -0.1) is 0 Å². The van der Waals surface area contributed by atoms with E-state index in [1.807, 2.05) is 0 Å². The van der Waals surface area contributed by atoms with Crippen molar-refractivity contribution in [1.82, 2.24) is 4.90 Å². The molecule has 2 heterocycles. The first-order valence-corrected chi connectivity index (χ1v) is 7.67. The minimum atomic E-state index is -0.0496. The third-order valence-corrected chi connectivity index (χ3v) is 4.07. The lowest BCUT2D eigenvalue weighted by Crippen LogP contribution is -2.44. The molecule has 0 aromatic carbocycles. The van der Waals surface area contributed by atoms with Gasteiger partial charge in [0.05, 0.1) is 23.9 Å². The molecule has 0 bridgehead atoms. The van der Waals surface area contributed by atoms with Crippen molar-refractivity contribution in [3.63, 3.8) is 0 Å². The van der Waals surface area contributed by atoms with Crippen LogP contribution in [0, 0.1) is 0 Å². The van der Waals surface area contributed by atoms with Crippen LogP contribution >= 0.6 is 0 Å². The number of hydrogen-bond donors (Lipinski definition) is 0. The quantitative estimate of drug-likeness (QED) is 0.785. The van der Waals surface area contributed by atoms with Crippen molar-refractivity contribution in [3.05, 3.63) is 0 Å². The smallest absolute Gasteiger partial charge is 0.0727 e. The van der Waals surface area contributed by atoms with Gasteiger partial charge in [0.25, 0.3) is 0 Å². The number of rotatable bonds is 3. The lowest BCUT2D eigenvalue weighted by molar-refractivity contribution is -0.0644. The van der Waals surface area contributed by atoms with Crippen molar-refractivity contribution in [3.8, 4) is 0 Å². The van der Waals surface area contributed by atoms with Crippen LogP contribution in [0.3, 0.4) is 0 Å². The number of nitrogens with zero attached hydrogens (tertiary/aromatic N) is 1. The van der Waals surface area contributed by atoms with Crippen LogP contribution in [0.15, 0.2) is 0 Å². The van der Waals surface area contributed by atoms with Crippen LogP contribution in [0.5, 0.6) is 0 Å². The summed E-state index contributed by atoms with van der Waals surface area (Å²) in [5, 5.41) is 0. The molecule has 2 aliphatic heterocycles. The van der Waals surface area contributed by atoms with E-state index >= 15 is 0 Å². The molecule has 0 spiro atoms. The summed E-state index contributed by atoms with van der Waals surface area (Å²) < 4.78 is 12.3. The largest absolute Gasteiger partial charge is 0.374 e. The SMILES string of the molecule is CC(C)(C)OC[C@]12CCCN1C[C@@H](OC(C)(C)C)C2. The van der Waals surface area contributed by atoms with Gasteiger partial charge in [-0.3, -0.25) is 4.90 Å². The van der Waals surface area contributed by atoms with Crippen LogP contribution in [-0.4, -0.2) is 47.4 Å². The van der Waals surface area contributed by atoms with E-state index in [9.17, 15) is 0 Å². The highest BCUT2D eigenvalue weighted by Crippen LogP contribution is 2.41. The first kappa shape index (κ1) is 15.3. The molecule has 0 aliphatic carbocycles. The third kappa shape index (κ3) is 3.93. The first-order chi connectivity index (χ1) is 8.60. The summed E-state index contributed by atoms with van der Waals surface area (Å²) in [6, 6.07) is 0. The van der Waals surface area contributed by atoms with Gasteiger partial charge >= 0.3 is 0 Å². The molecule has 2 rings (SSSR count). The average molecular weight is 269 g/mol. The van der Waals surface area contributed by atoms with Crippen LogP contribution in [0.1, 0.15) is 60.8 Å². The zero-order valence-electron chi connectivity index (χ0n) is 13.6. The number of ether oxygens (including phenoxy) is 2. The Balaban J connectivity index is 1.98. The van der Waals surface area contributed by atoms with Crippen molar-refractivity contribution in [1.29, 1.82) is 0 Å². The molecule has 2 aliphatic rings. The van der Waals surface area contributed by atoms with Crippen molar-refractivity contribution >= 4 is 0 Å². The van der Waals surface area contributed by atoms with E-state index in [1.54, 1.807) is 0 Å². The van der Waals surface area contributed by atoms with E-state index in [0.717, 1.165) is 19.6 Å². The van der Waals surface area contributed by atoms with Gasteiger partial charge in [-0.25, -0.2) is 0 Å². The Morgan fingerprint density at radius 2 is 1.79 bits per heavy atom. The Hall–Kier alpha value is -0.120. The fraction of sp³-hybridized carbons (Fsp3) is 1.00. The van der Waals surface area contributed by atoms with Gasteiger partial charge in [0, 0.05) is 12.1 Å². The maximum absolute atomic E-state index is 6.19. The molecule has 2 atom stereocenters. The Morgan fingerprint density at radius 1 is 1.11 bits per heavy atom. The fourth-order valence-corrected chi connectivity index (χ4v) is 3.40. The molecule has 0 amide bonds. The zero-order chi connectivity index (χ0) is 14.3. The summed E-state index contributed by atoms with van der Waals surface area (Å²) in [5.74, 6) is 0. The van der Waals surface area contributed by atoms with E-state index in [1.165, 1.54) is 19.4 Å². The van der Waals surface area contributed by atoms with Gasteiger partial charge in [0.2, 0.25) is 0 Å². The topological polar surface area (TPSA) is 21.7 Å². The molecule has 112 valence electrons. The third-order valence-electron chi connectivity index (χ3n) is 4.07. The van der Waals surface area contributed by atoms with Crippen LogP contribution in [0.2, 0.25) is 0 Å². The van der Waals surface area contributed by atoms with Crippen LogP contribution < -0.4 is 0 Å². The predicted molar refractivity (Wildman–Crippen MR) is 78.5 cm³/mol. The van der Waals surface area contributed by atoms with Crippen molar-refractivity contribution in [2.24, 2.45) is 0 Å². The Bertz CT molecular complexity index is 316. The second-order valence-electron chi connectivity index (χ2n) is 8.23. The van der Waals surface area contributed by atoms with Crippen LogP contribution in [0.4, 0.5) is 0 Å². The molecule has 0 saturated carbocycles. The average Bonchev–Trinajstić information content (AvgIpc) is 2.67. The predicted octanol–water partition coefficient (Wildman–Crippen LogP) is 3.22. The van der Waals surface area contributed by atoms with Crippen LogP contribution in [0.25, 0.3) is 0 Å². The summed E-state index contributed by atoms with van der Waals surface area (Å²) >= 11 is 0. The summed E-state index contributed by atoms with van der Waals surface area (Å²) in [6.45, 7) is 16.0. The van der Waals surface area contributed by atoms with Gasteiger partial charge in [0.1, 0.15) is 0 Å². The molecule has 0 N–H and O–H groups in total. The first-order valence-electron chi connectivity index (χ1n) is 7.67. The maximum atomic E-state index is 6.19. The second-order valence-corrected chi connectivity index (χ2v) is 8.23. The zero-order valence-corrected chi connectivity index (χ0v) is 13.6. The highest BCUT2D eigenvalue weighted by molar-refractivity contribution is 5.04. The summed E-state index contributed by atoms with van der Waals surface area (Å²) in [6.07, 6.45) is 4.05. The van der Waals surface area contributed by atoms with E-state index in [4.69, 9.17) is 9.47 Å². The molecule has 0 aromatic heterocycles. The lowest BCUT2D eigenvalue weighted by atomic mass is 9.94. The van der Waals surface area contributed by atoms with Gasteiger partial charge < -0.3 is 9.47 Å². The summed E-state index contributed by atoms with van der Waals surface area (Å²) in [5.41, 5.74) is 0.145. The minimum Gasteiger partial charge on any atom is -0.374 e. The van der Waals surface area contributed by atoms with E-state index in [-0.39, 0.29) is 16.7 Å². The molecule has 3 heteroatoms. The molecule has 2 fully saturated rings. The van der Waals surface area contributed by atoms with Crippen molar-refractivity contribution in [2.45, 2.75) is 83.6 Å². The van der Waals surface area contributed by atoms with E-state index < -0.39 is 0 Å². The standard InChI is InChI=1S/C16H31NO2/c1-14(2,3)18-12-16-8-7-9-17(16)11-13(10-16)19-15(4,5)6/h13H,7-12H2,1-6H3/t13-,16+/m0/s1. The van der Waals surface area contributed by atoms with Crippen molar-refractivity contribution < 1.29 is 9.47 Å². The lowest BCUT2D eigenvalue weighted by Gasteiger charge is -2.34. The van der Waals surface area contributed by atoms with Gasteiger partial charge in [0.15, 0.2) is 0 Å². The summed E-state index contributed by atoms with van der Waals surface area (Å²) in [4.78, 5) is 2.61. The molecule has 0 aromatic rings. The Labute approximate surface area is 118 Å². The monoisotopic (exact) mass is 269 g/mol. The molecule has 3 nitrogen and oxygen atoms in total. The Morgan fingerprint density at radius 3 is 2.37 bits per heavy atom. The molecule has 2 saturated heterocycles. The number of hydrogen-bond acceptors (Lipinski definition) is 3. The molecule has 0 unspecified atom stereocenters. The maximum Gasteiger partial charge on any atom is 0.0727 e. The van der Waals surface area contributed by atoms with E-state index in [2.05, 4.69) is 46.4 Å². The highest BCUT2D eigenvalue weighted by atomic mass is 16.5. The normalized spacial score (nSPS) is 32.8. The molecule has 0 radical (unpaired) electrons. The van der Waals surface area contributed by atoms with Gasteiger partial charge in [-0.1, -0.05) is 0 Å². The highest BCUT2D eigenvalue weighted by Gasteiger charge is 2.50. The minimum absolute atomic E-state index is 0.0451. The number of fused-ring (bicyclic) bond motifs is 1. The fourth-order valence-electron chi connectivity index (χ4n) is 3.40. The van der Waals surface area contributed by atoms with Crippen molar-refractivity contribution in [2.75, 3.05) is 19.7 Å². The summed E-state index contributed by atoms with van der Waals surface area (Å²) in [7, 11) is 0. The molecular weight excluding hydrogens is 238 g/mol. The van der Waals surface area contributed by atoms with Gasteiger partial charge in [-0.2, -0.15) is 0 Å². The molecule has 19 heavy (non-hydrogen) atoms. The Kier molecular flexibility index (Phi) is 4.03.